The maximum absolute atomic E-state index is 13.6. The highest BCUT2D eigenvalue weighted by atomic mass is 32.1. The second kappa shape index (κ2) is 16.4. The maximum atomic E-state index is 13.6. The van der Waals surface area contributed by atoms with Gasteiger partial charge in [-0.05, 0) is 97.3 Å². The number of aliphatic carboxylic acids is 1. The zero-order chi connectivity index (χ0) is 37.0. The highest BCUT2D eigenvalue weighted by Gasteiger charge is 2.39. The lowest BCUT2D eigenvalue weighted by atomic mass is 9.66. The Morgan fingerprint density at radius 2 is 1.71 bits per heavy atom. The Kier molecular flexibility index (Phi) is 12.0. The SMILES string of the molecule is CCCC1CCC(C2CC=C(c3cnc(-c4ccc(CC(NC(=O)c5ccc(C(C)(C)CC)s5)C(=O)N5CC(C(=O)O)C5)cc4)nc3)CC2)CC1C. The molecule has 3 heterocycles. The van der Waals surface area contributed by atoms with E-state index in [1.807, 2.05) is 48.8 Å². The maximum Gasteiger partial charge on any atom is 0.310 e. The number of carbonyl (C=O) groups excluding carboxylic acids is 2. The minimum Gasteiger partial charge on any atom is -0.481 e. The summed E-state index contributed by atoms with van der Waals surface area (Å²) in [5.41, 5.74) is 4.17. The molecule has 2 amide bonds. The first kappa shape index (κ1) is 37.9. The van der Waals surface area contributed by atoms with Gasteiger partial charge in [0.15, 0.2) is 5.82 Å². The average molecular weight is 725 g/mol. The van der Waals surface area contributed by atoms with Crippen LogP contribution in [0.4, 0.5) is 0 Å². The normalized spacial score (nSPS) is 23.0. The van der Waals surface area contributed by atoms with E-state index in [1.54, 1.807) is 0 Å². The van der Waals surface area contributed by atoms with Gasteiger partial charge in [-0.3, -0.25) is 14.4 Å². The summed E-state index contributed by atoms with van der Waals surface area (Å²) in [6.45, 7) is 11.5. The van der Waals surface area contributed by atoms with Crippen LogP contribution in [-0.2, 0) is 21.4 Å². The standard InChI is InChI=1S/C43H56N4O4S/c1-6-8-29-13-18-33(21-27(29)3)30-14-16-31(17-15-30)34-23-44-39(45-24-34)32-11-9-28(10-12-32)22-36(41(49)47-25-35(26-47)42(50)51)46-40(48)37-19-20-38(52-37)43(4,5)7-2/h9-12,16,19-20,23-24,27,29-30,33,35-36H,6-8,13-15,17-18,21-22,25-26H2,1-5H3,(H,46,48)(H,50,51). The lowest BCUT2D eigenvalue weighted by Crippen LogP contribution is -2.59. The molecule has 2 fully saturated rings. The van der Waals surface area contributed by atoms with Crippen molar-refractivity contribution in [3.8, 4) is 11.4 Å². The first-order chi connectivity index (χ1) is 24.9. The number of amides is 2. The molecule has 1 saturated carbocycles. The van der Waals surface area contributed by atoms with Crippen molar-refractivity contribution in [2.75, 3.05) is 13.1 Å². The predicted octanol–water partition coefficient (Wildman–Crippen LogP) is 8.81. The van der Waals surface area contributed by atoms with Crippen LogP contribution < -0.4 is 5.32 Å². The van der Waals surface area contributed by atoms with Crippen LogP contribution in [0.3, 0.4) is 0 Å². The number of hydrogen-bond donors (Lipinski definition) is 2. The molecule has 5 atom stereocenters. The van der Waals surface area contributed by atoms with Crippen LogP contribution in [0.25, 0.3) is 17.0 Å². The first-order valence-electron chi connectivity index (χ1n) is 19.5. The van der Waals surface area contributed by atoms with Crippen LogP contribution in [-0.4, -0.2) is 56.9 Å². The summed E-state index contributed by atoms with van der Waals surface area (Å²) < 4.78 is 0. The van der Waals surface area contributed by atoms with Gasteiger partial charge >= 0.3 is 5.97 Å². The van der Waals surface area contributed by atoms with E-state index in [9.17, 15) is 19.5 Å². The number of carbonyl (C=O) groups is 3. The number of rotatable bonds is 13. The van der Waals surface area contributed by atoms with Gasteiger partial charge in [-0.2, -0.15) is 0 Å². The number of allylic oxidation sites excluding steroid dienone is 2. The Bertz CT molecular complexity index is 1740. The van der Waals surface area contributed by atoms with E-state index in [1.165, 1.54) is 60.3 Å². The van der Waals surface area contributed by atoms with Gasteiger partial charge in [0.1, 0.15) is 6.04 Å². The molecule has 1 aliphatic heterocycles. The Labute approximate surface area is 313 Å². The number of carboxylic acid groups (broad SMARTS) is 1. The molecule has 6 rings (SSSR count). The van der Waals surface area contributed by atoms with Crippen molar-refractivity contribution < 1.29 is 19.5 Å². The summed E-state index contributed by atoms with van der Waals surface area (Å²) in [6, 6.07) is 10.8. The number of hydrogen-bond acceptors (Lipinski definition) is 6. The van der Waals surface area contributed by atoms with Gasteiger partial charge in [-0.1, -0.05) is 77.8 Å². The van der Waals surface area contributed by atoms with Crippen LogP contribution in [0.1, 0.15) is 118 Å². The molecule has 0 spiro atoms. The zero-order valence-electron chi connectivity index (χ0n) is 31.6. The molecule has 3 aliphatic rings. The molecule has 1 aromatic carbocycles. The van der Waals surface area contributed by atoms with E-state index < -0.39 is 17.9 Å². The van der Waals surface area contributed by atoms with Gasteiger partial charge in [0.05, 0.1) is 10.8 Å². The fourth-order valence-electron chi connectivity index (χ4n) is 8.40. The van der Waals surface area contributed by atoms with Crippen LogP contribution in [0, 0.1) is 29.6 Å². The number of aromatic nitrogens is 2. The predicted molar refractivity (Wildman–Crippen MR) is 208 cm³/mol. The molecule has 8 nitrogen and oxygen atoms in total. The minimum absolute atomic E-state index is 0.0455. The molecule has 1 saturated heterocycles. The molecule has 3 aromatic rings. The first-order valence-corrected chi connectivity index (χ1v) is 20.3. The third-order valence-corrected chi connectivity index (χ3v) is 13.8. The molecule has 278 valence electrons. The van der Waals surface area contributed by atoms with Crippen molar-refractivity contribution in [3.63, 3.8) is 0 Å². The van der Waals surface area contributed by atoms with E-state index >= 15 is 0 Å². The topological polar surface area (TPSA) is 112 Å². The number of thiophene rings is 1. The molecular formula is C43H56N4O4S. The number of likely N-dealkylation sites (tertiary alicyclic amines) is 1. The van der Waals surface area contributed by atoms with Crippen LogP contribution in [0.5, 0.6) is 0 Å². The van der Waals surface area contributed by atoms with Crippen molar-refractivity contribution in [1.82, 2.24) is 20.2 Å². The van der Waals surface area contributed by atoms with Crippen molar-refractivity contribution in [3.05, 3.63) is 75.7 Å². The molecule has 52 heavy (non-hydrogen) atoms. The molecule has 9 heteroatoms. The summed E-state index contributed by atoms with van der Waals surface area (Å²) in [7, 11) is 0. The van der Waals surface area contributed by atoms with Gasteiger partial charge in [-0.15, -0.1) is 11.3 Å². The molecular weight excluding hydrogens is 669 g/mol. The van der Waals surface area contributed by atoms with E-state index in [2.05, 4.69) is 46.0 Å². The fourth-order valence-corrected chi connectivity index (χ4v) is 9.49. The molecule has 5 unspecified atom stereocenters. The summed E-state index contributed by atoms with van der Waals surface area (Å²) in [4.78, 5) is 51.0. The monoisotopic (exact) mass is 724 g/mol. The largest absolute Gasteiger partial charge is 0.481 e. The molecule has 2 aromatic heterocycles. The van der Waals surface area contributed by atoms with Crippen LogP contribution in [0.2, 0.25) is 0 Å². The molecule has 0 bridgehead atoms. The average Bonchev–Trinajstić information content (AvgIpc) is 3.64. The summed E-state index contributed by atoms with van der Waals surface area (Å²) in [5, 5.41) is 12.3. The number of carboxylic acids is 1. The highest BCUT2D eigenvalue weighted by Crippen LogP contribution is 2.44. The summed E-state index contributed by atoms with van der Waals surface area (Å²) in [5.74, 6) is 2.03. The smallest absolute Gasteiger partial charge is 0.310 e. The van der Waals surface area contributed by atoms with E-state index in [-0.39, 0.29) is 36.7 Å². The lowest BCUT2D eigenvalue weighted by molar-refractivity contribution is -0.153. The van der Waals surface area contributed by atoms with Crippen LogP contribution in [0.15, 0.2) is 54.9 Å². The third kappa shape index (κ3) is 8.67. The van der Waals surface area contributed by atoms with Crippen molar-refractivity contribution in [2.24, 2.45) is 29.6 Å². The quantitative estimate of drug-likeness (QED) is 0.182. The minimum atomic E-state index is -0.908. The third-order valence-electron chi connectivity index (χ3n) is 12.4. The highest BCUT2D eigenvalue weighted by molar-refractivity contribution is 7.14. The van der Waals surface area contributed by atoms with Gasteiger partial charge < -0.3 is 15.3 Å². The fraction of sp³-hybridized carbons (Fsp3) is 0.558. The second-order valence-corrected chi connectivity index (χ2v) is 17.3. The second-order valence-electron chi connectivity index (χ2n) is 16.3. The Morgan fingerprint density at radius 3 is 2.33 bits per heavy atom. The van der Waals surface area contributed by atoms with Crippen LogP contribution >= 0.6 is 11.3 Å². The van der Waals surface area contributed by atoms with Crippen molar-refractivity contribution >= 4 is 34.7 Å². The molecule has 0 radical (unpaired) electrons. The van der Waals surface area contributed by atoms with E-state index in [0.717, 1.165) is 64.5 Å². The Hall–Kier alpha value is -3.85. The lowest BCUT2D eigenvalue weighted by Gasteiger charge is -2.39. The Morgan fingerprint density at radius 1 is 0.981 bits per heavy atom. The van der Waals surface area contributed by atoms with Gasteiger partial charge in [-0.25, -0.2) is 9.97 Å². The zero-order valence-corrected chi connectivity index (χ0v) is 32.4. The summed E-state index contributed by atoms with van der Waals surface area (Å²) in [6.07, 6.45) is 17.9. The van der Waals surface area contributed by atoms with Crippen molar-refractivity contribution in [1.29, 1.82) is 0 Å². The van der Waals surface area contributed by atoms with Gasteiger partial charge in [0.25, 0.3) is 5.91 Å². The molecule has 2 N–H and O–H groups in total. The Balaban J connectivity index is 1.08. The number of benzene rings is 1. The summed E-state index contributed by atoms with van der Waals surface area (Å²) >= 11 is 1.45. The van der Waals surface area contributed by atoms with Gasteiger partial charge in [0, 0.05) is 47.9 Å². The number of nitrogens with zero attached hydrogens (tertiary/aromatic N) is 3. The molecule has 2 aliphatic carbocycles. The van der Waals surface area contributed by atoms with Gasteiger partial charge in [0.2, 0.25) is 5.91 Å². The van der Waals surface area contributed by atoms with Crippen molar-refractivity contribution in [2.45, 2.75) is 110 Å². The van der Waals surface area contributed by atoms with E-state index in [4.69, 9.17) is 9.97 Å². The number of nitrogens with one attached hydrogen (secondary N) is 1. The van der Waals surface area contributed by atoms with E-state index in [0.29, 0.717) is 10.7 Å².